The van der Waals surface area contributed by atoms with E-state index in [9.17, 15) is 9.59 Å². The lowest BCUT2D eigenvalue weighted by Crippen LogP contribution is -2.30. The van der Waals surface area contributed by atoms with Gasteiger partial charge >= 0.3 is 0 Å². The van der Waals surface area contributed by atoms with Crippen molar-refractivity contribution in [1.29, 1.82) is 0 Å². The fourth-order valence-electron chi connectivity index (χ4n) is 3.10. The van der Waals surface area contributed by atoms with E-state index in [1.807, 2.05) is 0 Å². The molecule has 2 saturated heterocycles. The smallest absolute Gasteiger partial charge is 0.234 e. The third kappa shape index (κ3) is 12.3. The van der Waals surface area contributed by atoms with Crippen LogP contribution < -0.4 is 10.6 Å². The van der Waals surface area contributed by atoms with Gasteiger partial charge in [0.15, 0.2) is 0 Å². The molecule has 26 heavy (non-hydrogen) atoms. The average molecular weight is 367 g/mol. The van der Waals surface area contributed by atoms with Gasteiger partial charge in [0.1, 0.15) is 0 Å². The maximum absolute atomic E-state index is 11.5. The van der Waals surface area contributed by atoms with Gasteiger partial charge in [-0.2, -0.15) is 0 Å². The molecule has 0 aromatic rings. The maximum atomic E-state index is 11.5. The van der Waals surface area contributed by atoms with Gasteiger partial charge < -0.3 is 10.6 Å². The third-order valence-corrected chi connectivity index (χ3v) is 5.06. The number of hydrogen-bond donors (Lipinski definition) is 2. The van der Waals surface area contributed by atoms with Crippen molar-refractivity contribution in [3.8, 4) is 0 Å². The molecule has 0 radical (unpaired) electrons. The van der Waals surface area contributed by atoms with E-state index >= 15 is 0 Å². The highest BCUT2D eigenvalue weighted by molar-refractivity contribution is 5.78. The van der Waals surface area contributed by atoms with Gasteiger partial charge in [0, 0.05) is 39.3 Å². The van der Waals surface area contributed by atoms with E-state index in [1.54, 1.807) is 0 Å². The van der Waals surface area contributed by atoms with Crippen LogP contribution in [0.5, 0.6) is 0 Å². The number of carbonyl (C=O) groups excluding carboxylic acids is 2. The molecule has 6 heteroatoms. The minimum absolute atomic E-state index is 0.183. The second-order valence-corrected chi connectivity index (χ2v) is 7.79. The molecule has 2 N–H and O–H groups in total. The molecule has 0 atom stereocenters. The molecule has 0 spiro atoms. The van der Waals surface area contributed by atoms with Crippen molar-refractivity contribution in [3.63, 3.8) is 0 Å². The summed E-state index contributed by atoms with van der Waals surface area (Å²) in [7, 11) is 0. The average Bonchev–Trinajstić information content (AvgIpc) is 3.52. The molecule has 0 aliphatic carbocycles. The van der Waals surface area contributed by atoms with E-state index < -0.39 is 0 Å². The summed E-state index contributed by atoms with van der Waals surface area (Å²) in [6.07, 6.45) is 12.5. The third-order valence-electron chi connectivity index (χ3n) is 5.06. The standard InChI is InChI=1S/C20H38N4O2/c25-19(17-23-13-14-23)21-11-9-7-5-3-1-2-4-6-8-10-12-22-20(26)18-24-15-16-24/h1-18H2,(H,21,25)(H,22,26). The second kappa shape index (κ2) is 13.1. The molecule has 6 nitrogen and oxygen atoms in total. The van der Waals surface area contributed by atoms with Gasteiger partial charge in [-0.05, 0) is 12.8 Å². The molecule has 150 valence electrons. The summed E-state index contributed by atoms with van der Waals surface area (Å²) < 4.78 is 0. The fourth-order valence-corrected chi connectivity index (χ4v) is 3.10. The molecule has 0 aromatic heterocycles. The van der Waals surface area contributed by atoms with E-state index in [1.165, 1.54) is 51.4 Å². The highest BCUT2D eigenvalue weighted by Crippen LogP contribution is 2.10. The Morgan fingerprint density at radius 1 is 0.538 bits per heavy atom. The van der Waals surface area contributed by atoms with E-state index in [4.69, 9.17) is 0 Å². The van der Waals surface area contributed by atoms with E-state index in [2.05, 4.69) is 20.4 Å². The van der Waals surface area contributed by atoms with Crippen molar-refractivity contribution in [1.82, 2.24) is 20.4 Å². The monoisotopic (exact) mass is 366 g/mol. The Bertz CT molecular complexity index is 371. The van der Waals surface area contributed by atoms with Crippen LogP contribution in [0.15, 0.2) is 0 Å². The van der Waals surface area contributed by atoms with Crippen molar-refractivity contribution in [2.45, 2.75) is 64.2 Å². The molecule has 2 amide bonds. The van der Waals surface area contributed by atoms with E-state index in [0.29, 0.717) is 13.1 Å². The number of nitrogens with one attached hydrogen (secondary N) is 2. The fraction of sp³-hybridized carbons (Fsp3) is 0.900. The molecule has 2 fully saturated rings. The highest BCUT2D eigenvalue weighted by atomic mass is 16.2. The Balaban J connectivity index is 1.21. The van der Waals surface area contributed by atoms with E-state index in [0.717, 1.165) is 52.1 Å². The Morgan fingerprint density at radius 2 is 0.846 bits per heavy atom. The zero-order valence-electron chi connectivity index (χ0n) is 16.4. The molecule has 0 unspecified atom stereocenters. The van der Waals surface area contributed by atoms with Crippen LogP contribution in [-0.2, 0) is 9.59 Å². The van der Waals surface area contributed by atoms with Crippen LogP contribution in [0.2, 0.25) is 0 Å². The molecule has 2 aliphatic rings. The molecule has 0 saturated carbocycles. The summed E-state index contributed by atoms with van der Waals surface area (Å²) in [6.45, 7) is 7.19. The lowest BCUT2D eigenvalue weighted by molar-refractivity contribution is -0.121. The molecular formula is C20H38N4O2. The normalized spacial score (nSPS) is 16.5. The minimum atomic E-state index is 0.183. The zero-order valence-corrected chi connectivity index (χ0v) is 16.4. The molecular weight excluding hydrogens is 328 g/mol. The summed E-state index contributed by atoms with van der Waals surface area (Å²) in [5.74, 6) is 0.366. The largest absolute Gasteiger partial charge is 0.355 e. The van der Waals surface area contributed by atoms with Crippen LogP contribution in [-0.4, -0.2) is 74.0 Å². The van der Waals surface area contributed by atoms with Crippen molar-refractivity contribution in [3.05, 3.63) is 0 Å². The Morgan fingerprint density at radius 3 is 1.15 bits per heavy atom. The number of nitrogens with zero attached hydrogens (tertiary/aromatic N) is 2. The van der Waals surface area contributed by atoms with Crippen molar-refractivity contribution in [2.24, 2.45) is 0 Å². The van der Waals surface area contributed by atoms with Gasteiger partial charge in [-0.3, -0.25) is 19.4 Å². The molecule has 0 aromatic carbocycles. The molecule has 2 aliphatic heterocycles. The number of unbranched alkanes of at least 4 members (excludes halogenated alkanes) is 9. The van der Waals surface area contributed by atoms with Crippen LogP contribution in [0, 0.1) is 0 Å². The highest BCUT2D eigenvalue weighted by Gasteiger charge is 2.20. The second-order valence-electron chi connectivity index (χ2n) is 7.79. The van der Waals surface area contributed by atoms with Crippen molar-refractivity contribution in [2.75, 3.05) is 52.4 Å². The van der Waals surface area contributed by atoms with Crippen LogP contribution in [0.25, 0.3) is 0 Å². The molecule has 2 heterocycles. The lowest BCUT2D eigenvalue weighted by Gasteiger charge is -2.06. The Hall–Kier alpha value is -1.14. The summed E-state index contributed by atoms with van der Waals surface area (Å²) in [6, 6.07) is 0. The quantitative estimate of drug-likeness (QED) is 0.304. The van der Waals surface area contributed by atoms with Crippen LogP contribution in [0.1, 0.15) is 64.2 Å². The van der Waals surface area contributed by atoms with Crippen LogP contribution in [0.3, 0.4) is 0 Å². The van der Waals surface area contributed by atoms with Gasteiger partial charge in [0.25, 0.3) is 0 Å². The van der Waals surface area contributed by atoms with Crippen molar-refractivity contribution < 1.29 is 9.59 Å². The first-order valence-corrected chi connectivity index (χ1v) is 10.7. The summed E-state index contributed by atoms with van der Waals surface area (Å²) in [5, 5.41) is 6.00. The Kier molecular flexibility index (Phi) is 10.7. The van der Waals surface area contributed by atoms with Gasteiger partial charge in [-0.1, -0.05) is 51.4 Å². The number of rotatable bonds is 17. The van der Waals surface area contributed by atoms with Gasteiger partial charge in [-0.25, -0.2) is 0 Å². The van der Waals surface area contributed by atoms with Crippen LogP contribution >= 0.6 is 0 Å². The maximum Gasteiger partial charge on any atom is 0.234 e. The number of carbonyl (C=O) groups is 2. The number of amides is 2. The van der Waals surface area contributed by atoms with Crippen LogP contribution in [0.4, 0.5) is 0 Å². The summed E-state index contributed by atoms with van der Waals surface area (Å²) in [4.78, 5) is 27.3. The SMILES string of the molecule is O=C(CN1CC1)NCCCCCCCCCCCCNC(=O)CN1CC1. The lowest BCUT2D eigenvalue weighted by atomic mass is 10.1. The predicted octanol–water partition coefficient (Wildman–Crippen LogP) is 1.75. The molecule has 0 bridgehead atoms. The van der Waals surface area contributed by atoms with Gasteiger partial charge in [0.05, 0.1) is 13.1 Å². The predicted molar refractivity (Wildman–Crippen MR) is 105 cm³/mol. The Labute approximate surface area is 159 Å². The first-order chi connectivity index (χ1) is 12.7. The van der Waals surface area contributed by atoms with Gasteiger partial charge in [-0.15, -0.1) is 0 Å². The first kappa shape index (κ1) is 21.2. The summed E-state index contributed by atoms with van der Waals surface area (Å²) >= 11 is 0. The topological polar surface area (TPSA) is 64.2 Å². The minimum Gasteiger partial charge on any atom is -0.355 e. The first-order valence-electron chi connectivity index (χ1n) is 10.7. The number of hydrogen-bond acceptors (Lipinski definition) is 4. The van der Waals surface area contributed by atoms with E-state index in [-0.39, 0.29) is 11.8 Å². The molecule has 2 rings (SSSR count). The zero-order chi connectivity index (χ0) is 18.5. The van der Waals surface area contributed by atoms with Gasteiger partial charge in [0.2, 0.25) is 11.8 Å². The summed E-state index contributed by atoms with van der Waals surface area (Å²) in [5.41, 5.74) is 0. The van der Waals surface area contributed by atoms with Crippen molar-refractivity contribution >= 4 is 11.8 Å².